The average molecular weight is 697 g/mol. The number of benzene rings is 2. The van der Waals surface area contributed by atoms with Crippen molar-refractivity contribution in [3.63, 3.8) is 0 Å². The van der Waals surface area contributed by atoms with Gasteiger partial charge in [-0.15, -0.1) is 0 Å². The van der Waals surface area contributed by atoms with Crippen molar-refractivity contribution >= 4 is 23.7 Å². The molecule has 1 saturated carbocycles. The van der Waals surface area contributed by atoms with Crippen LogP contribution >= 0.6 is 0 Å². The molecule has 266 valence electrons. The Hall–Kier alpha value is -3.83. The Morgan fingerprint density at radius 2 is 1.88 bits per heavy atom. The number of carbonyl (C=O) groups excluding carboxylic acids is 4. The zero-order valence-corrected chi connectivity index (χ0v) is 30.1. The second kappa shape index (κ2) is 14.2. The number of nitrogens with zero attached hydrogens (tertiary/aromatic N) is 2. The van der Waals surface area contributed by atoms with Crippen LogP contribution in [0.2, 0.25) is 0 Å². The molecule has 1 unspecified atom stereocenters. The first-order valence-corrected chi connectivity index (χ1v) is 17.2. The number of hydrogen-bond donors (Lipinski definition) is 2. The number of rotatable bonds is 11. The van der Waals surface area contributed by atoms with Gasteiger partial charge < -0.3 is 46.6 Å². The van der Waals surface area contributed by atoms with Crippen molar-refractivity contribution in [3.8, 4) is 17.2 Å². The van der Waals surface area contributed by atoms with E-state index in [0.717, 1.165) is 53.9 Å². The highest BCUT2D eigenvalue weighted by Crippen LogP contribution is 2.64. The van der Waals surface area contributed by atoms with Crippen LogP contribution in [0.25, 0.3) is 0 Å². The molecule has 2 bridgehead atoms. The number of ketones is 1. The lowest BCUT2D eigenvalue weighted by atomic mass is 9.51. The minimum Gasteiger partial charge on any atom is -1.00 e. The van der Waals surface area contributed by atoms with Crippen LogP contribution in [-0.4, -0.2) is 92.1 Å². The van der Waals surface area contributed by atoms with E-state index in [1.807, 2.05) is 44.2 Å². The lowest BCUT2D eigenvalue weighted by molar-refractivity contribution is -0.957. The Labute approximate surface area is 295 Å². The predicted octanol–water partition coefficient (Wildman–Crippen LogP) is 0.750. The van der Waals surface area contributed by atoms with Crippen molar-refractivity contribution in [2.45, 2.75) is 83.0 Å². The number of nitrogens with one attached hydrogen (secondary N) is 2. The molecule has 2 N–H and O–H groups in total. The monoisotopic (exact) mass is 696 g/mol. The molecule has 49 heavy (non-hydrogen) atoms. The van der Waals surface area contributed by atoms with Gasteiger partial charge in [-0.3, -0.25) is 14.4 Å². The molecule has 6 atom stereocenters. The lowest BCUT2D eigenvalue weighted by Gasteiger charge is -2.60. The molecule has 2 aromatic carbocycles. The number of halogens is 1. The minimum atomic E-state index is -0.611. The van der Waals surface area contributed by atoms with Crippen molar-refractivity contribution in [2.75, 3.05) is 40.8 Å². The summed E-state index contributed by atoms with van der Waals surface area (Å²) in [5, 5.41) is 5.50. The summed E-state index contributed by atoms with van der Waals surface area (Å²) in [6.07, 6.45) is 2.85. The number of methoxy groups -OCH3 is 1. The van der Waals surface area contributed by atoms with Gasteiger partial charge in [0.1, 0.15) is 18.3 Å². The Balaban J connectivity index is 0.00000468. The fourth-order valence-electron chi connectivity index (χ4n) is 8.91. The van der Waals surface area contributed by atoms with E-state index in [9.17, 15) is 19.2 Å². The summed E-state index contributed by atoms with van der Waals surface area (Å²) >= 11 is 0. The van der Waals surface area contributed by atoms with Gasteiger partial charge in [-0.2, -0.15) is 0 Å². The zero-order valence-electron chi connectivity index (χ0n) is 29.3. The second-order valence-electron chi connectivity index (χ2n) is 14.8. The maximum atomic E-state index is 13.3. The van der Waals surface area contributed by atoms with E-state index in [1.165, 1.54) is 23.0 Å². The highest BCUT2D eigenvalue weighted by atomic mass is 35.5. The van der Waals surface area contributed by atoms with Crippen LogP contribution in [0.3, 0.4) is 0 Å². The van der Waals surface area contributed by atoms with Crippen LogP contribution in [0, 0.1) is 11.8 Å². The van der Waals surface area contributed by atoms with Crippen molar-refractivity contribution < 1.29 is 50.3 Å². The molecule has 2 heterocycles. The quantitative estimate of drug-likeness (QED) is 0.333. The minimum absolute atomic E-state index is 0. The zero-order chi connectivity index (χ0) is 34.4. The summed E-state index contributed by atoms with van der Waals surface area (Å²) in [5.41, 5.74) is 3.39. The number of ether oxygens (including phenoxy) is 3. The number of quaternary nitrogens is 1. The normalized spacial score (nSPS) is 26.4. The maximum absolute atomic E-state index is 13.3. The standard InChI is InChI=1S/C37H48N4O7.ClH/c1-22(2)19-28(39-23(3)42)35(44)38-16-17-40(4)36(45)47-26-10-7-24(8-11-26)21-41(5)18-15-37-27-12-13-30(43)34(37)48-33-31(46-6)14-9-25(32(33)37)20-29(27)41;/h7-11,14,22,27-29,34H,12-13,15-21H2,1-6H3,(H-,38,39,42,44);1H/t27-,28-,29?,34-,37-,41+;/m0./s1. The van der Waals surface area contributed by atoms with E-state index >= 15 is 0 Å². The van der Waals surface area contributed by atoms with Gasteiger partial charge in [0.05, 0.1) is 32.2 Å². The van der Waals surface area contributed by atoms with Crippen molar-refractivity contribution in [2.24, 2.45) is 11.8 Å². The van der Waals surface area contributed by atoms with Crippen molar-refractivity contribution in [3.05, 3.63) is 53.1 Å². The van der Waals surface area contributed by atoms with Crippen molar-refractivity contribution in [1.82, 2.24) is 15.5 Å². The average Bonchev–Trinajstić information content (AvgIpc) is 3.40. The van der Waals surface area contributed by atoms with E-state index < -0.39 is 18.2 Å². The van der Waals surface area contributed by atoms with E-state index in [4.69, 9.17) is 14.2 Å². The molecule has 1 saturated heterocycles. The summed E-state index contributed by atoms with van der Waals surface area (Å²) in [5.74, 6) is 2.23. The Morgan fingerprint density at radius 3 is 2.55 bits per heavy atom. The largest absolute Gasteiger partial charge is 1.00 e. The fourth-order valence-corrected chi connectivity index (χ4v) is 8.91. The van der Waals surface area contributed by atoms with Gasteiger partial charge in [0.2, 0.25) is 11.8 Å². The summed E-state index contributed by atoms with van der Waals surface area (Å²) in [4.78, 5) is 51.6. The van der Waals surface area contributed by atoms with E-state index in [-0.39, 0.29) is 54.4 Å². The number of likely N-dealkylation sites (tertiary alicyclic amines) is 1. The predicted molar refractivity (Wildman–Crippen MR) is 179 cm³/mol. The molecular formula is C37H49ClN4O7. The molecule has 2 fully saturated rings. The van der Waals surface area contributed by atoms with Crippen LogP contribution in [-0.2, 0) is 32.8 Å². The van der Waals surface area contributed by atoms with Crippen LogP contribution in [0.4, 0.5) is 4.79 Å². The summed E-state index contributed by atoms with van der Waals surface area (Å²) in [6, 6.07) is 11.6. The van der Waals surface area contributed by atoms with E-state index in [2.05, 4.69) is 23.7 Å². The number of likely N-dealkylation sites (N-methyl/N-ethyl adjacent to an activating group) is 2. The summed E-state index contributed by atoms with van der Waals surface area (Å²) < 4.78 is 18.6. The number of hydrogen-bond acceptors (Lipinski definition) is 7. The number of Topliss-reactive ketones (excluding diaryl/α,β-unsaturated/α-hetero) is 1. The molecule has 12 heteroatoms. The van der Waals surface area contributed by atoms with Gasteiger partial charge in [0.25, 0.3) is 0 Å². The van der Waals surface area contributed by atoms with Gasteiger partial charge in [-0.25, -0.2) is 4.79 Å². The van der Waals surface area contributed by atoms with Crippen LogP contribution in [0.15, 0.2) is 36.4 Å². The van der Waals surface area contributed by atoms with Gasteiger partial charge in [-0.05, 0) is 54.7 Å². The highest BCUT2D eigenvalue weighted by molar-refractivity contribution is 5.89. The maximum Gasteiger partial charge on any atom is 0.415 e. The third kappa shape index (κ3) is 6.71. The molecule has 2 aromatic rings. The molecule has 11 nitrogen and oxygen atoms in total. The third-order valence-corrected chi connectivity index (χ3v) is 11.1. The molecule has 2 aliphatic carbocycles. The van der Waals surface area contributed by atoms with Gasteiger partial charge in [-0.1, -0.05) is 19.9 Å². The molecule has 1 spiro atoms. The topological polar surface area (TPSA) is 123 Å². The number of piperidine rings is 1. The molecule has 4 aliphatic rings. The Morgan fingerprint density at radius 1 is 1.14 bits per heavy atom. The highest BCUT2D eigenvalue weighted by Gasteiger charge is 2.69. The van der Waals surface area contributed by atoms with Gasteiger partial charge in [0.15, 0.2) is 23.4 Å². The van der Waals surface area contributed by atoms with Gasteiger partial charge in [0, 0.05) is 63.4 Å². The second-order valence-corrected chi connectivity index (χ2v) is 14.8. The van der Waals surface area contributed by atoms with Crippen LogP contribution < -0.4 is 37.3 Å². The SMILES string of the molecule is COc1ccc2c3c1O[C@H]1C(=O)CC[C@H]4C(C2)[N@@+](C)(Cc2ccc(OC(=O)N(C)CCNC(=O)[C@H](CC(C)C)NC(C)=O)cc2)CC[C@]314.[Cl-]. The van der Waals surface area contributed by atoms with Gasteiger partial charge >= 0.3 is 6.09 Å². The first-order chi connectivity index (χ1) is 22.9. The first kappa shape index (κ1) is 36.5. The molecule has 2 aliphatic heterocycles. The molecule has 0 radical (unpaired) electrons. The first-order valence-electron chi connectivity index (χ1n) is 17.2. The summed E-state index contributed by atoms with van der Waals surface area (Å²) in [6.45, 7) is 7.63. The van der Waals surface area contributed by atoms with E-state index in [1.54, 1.807) is 14.2 Å². The Bertz CT molecular complexity index is 1600. The fraction of sp³-hybridized carbons (Fsp3) is 0.568. The van der Waals surface area contributed by atoms with E-state index in [0.29, 0.717) is 30.6 Å². The summed E-state index contributed by atoms with van der Waals surface area (Å²) in [7, 11) is 5.63. The lowest BCUT2D eigenvalue weighted by Crippen LogP contribution is -3.00. The number of carbonyl (C=O) groups is 4. The molecule has 3 amide bonds. The number of amides is 3. The van der Waals surface area contributed by atoms with Crippen molar-refractivity contribution in [1.29, 1.82) is 0 Å². The molecule has 6 rings (SSSR count). The third-order valence-electron chi connectivity index (χ3n) is 11.1. The van der Waals surface area contributed by atoms with Crippen LogP contribution in [0.5, 0.6) is 17.2 Å². The smallest absolute Gasteiger partial charge is 0.415 e. The Kier molecular flexibility index (Phi) is 10.6. The molecule has 0 aromatic heterocycles. The van der Waals surface area contributed by atoms with Crippen LogP contribution in [0.1, 0.15) is 63.1 Å². The molecular weight excluding hydrogens is 648 g/mol.